The summed E-state index contributed by atoms with van der Waals surface area (Å²) in [6.07, 6.45) is 3.04. The third-order valence-corrected chi connectivity index (χ3v) is 3.74. The highest BCUT2D eigenvalue weighted by Gasteiger charge is 2.21. The molecule has 1 aromatic rings. The molecule has 1 aromatic heterocycles. The fourth-order valence-electron chi connectivity index (χ4n) is 2.13. The first-order valence-electron chi connectivity index (χ1n) is 5.54. The first-order valence-corrected chi connectivity index (χ1v) is 6.42. The largest absolute Gasteiger partial charge is 0.393 e. The molecule has 0 bridgehead atoms. The zero-order valence-electron chi connectivity index (χ0n) is 9.07. The van der Waals surface area contributed by atoms with Gasteiger partial charge in [0.15, 0.2) is 0 Å². The Morgan fingerprint density at radius 2 is 2.47 bits per heavy atom. The molecule has 2 N–H and O–H groups in total. The molecule has 0 amide bonds. The van der Waals surface area contributed by atoms with Crippen molar-refractivity contribution in [3.05, 3.63) is 16.1 Å². The first-order chi connectivity index (χ1) is 7.24. The van der Waals surface area contributed by atoms with E-state index in [2.05, 4.69) is 15.7 Å². The Morgan fingerprint density at radius 1 is 1.60 bits per heavy atom. The summed E-state index contributed by atoms with van der Waals surface area (Å²) in [5.74, 6) is 0.653. The normalized spacial score (nSPS) is 26.0. The third kappa shape index (κ3) is 3.26. The van der Waals surface area contributed by atoms with Crippen LogP contribution in [0.3, 0.4) is 0 Å². The Labute approximate surface area is 94.5 Å². The van der Waals surface area contributed by atoms with Crippen LogP contribution in [0.1, 0.15) is 30.0 Å². The maximum absolute atomic E-state index is 9.38. The van der Waals surface area contributed by atoms with Gasteiger partial charge in [0.2, 0.25) is 0 Å². The van der Waals surface area contributed by atoms with Gasteiger partial charge in [-0.15, -0.1) is 11.3 Å². The number of rotatable bonds is 4. The molecule has 0 aliphatic heterocycles. The molecule has 0 saturated heterocycles. The number of hydrogen-bond donors (Lipinski definition) is 2. The SMILES string of the molecule is Cc1nc(CNCC2CCC(O)C2)cs1. The van der Waals surface area contributed by atoms with Crippen molar-refractivity contribution in [2.24, 2.45) is 5.92 Å². The Balaban J connectivity index is 1.67. The summed E-state index contributed by atoms with van der Waals surface area (Å²) in [5, 5.41) is 16.0. The van der Waals surface area contributed by atoms with E-state index in [1.54, 1.807) is 11.3 Å². The van der Waals surface area contributed by atoms with E-state index in [4.69, 9.17) is 0 Å². The first kappa shape index (κ1) is 11.0. The molecule has 0 spiro atoms. The van der Waals surface area contributed by atoms with Crippen molar-refractivity contribution in [2.75, 3.05) is 6.54 Å². The Bertz CT molecular complexity index is 313. The second kappa shape index (κ2) is 5.05. The molecule has 1 fully saturated rings. The van der Waals surface area contributed by atoms with Crippen LogP contribution in [-0.4, -0.2) is 22.7 Å². The van der Waals surface area contributed by atoms with Crippen LogP contribution >= 0.6 is 11.3 Å². The molecule has 1 heterocycles. The van der Waals surface area contributed by atoms with Gasteiger partial charge < -0.3 is 10.4 Å². The van der Waals surface area contributed by atoms with Crippen LogP contribution in [0.5, 0.6) is 0 Å². The van der Waals surface area contributed by atoms with Crippen molar-refractivity contribution in [3.8, 4) is 0 Å². The van der Waals surface area contributed by atoms with E-state index < -0.39 is 0 Å². The molecule has 1 saturated carbocycles. The van der Waals surface area contributed by atoms with Gasteiger partial charge >= 0.3 is 0 Å². The number of aliphatic hydroxyl groups is 1. The Kier molecular flexibility index (Phi) is 3.72. The average molecular weight is 226 g/mol. The van der Waals surface area contributed by atoms with E-state index in [0.29, 0.717) is 5.92 Å². The van der Waals surface area contributed by atoms with Crippen molar-refractivity contribution in [2.45, 2.75) is 38.8 Å². The molecule has 4 heteroatoms. The van der Waals surface area contributed by atoms with Gasteiger partial charge in [-0.3, -0.25) is 0 Å². The van der Waals surface area contributed by atoms with E-state index in [1.165, 1.54) is 0 Å². The van der Waals surface area contributed by atoms with Gasteiger partial charge in [-0.2, -0.15) is 0 Å². The average Bonchev–Trinajstić information content (AvgIpc) is 2.76. The summed E-state index contributed by atoms with van der Waals surface area (Å²) < 4.78 is 0. The number of nitrogens with zero attached hydrogens (tertiary/aromatic N) is 1. The Hall–Kier alpha value is -0.450. The fraction of sp³-hybridized carbons (Fsp3) is 0.727. The topological polar surface area (TPSA) is 45.2 Å². The van der Waals surface area contributed by atoms with Crippen molar-refractivity contribution in [1.82, 2.24) is 10.3 Å². The number of nitrogens with one attached hydrogen (secondary N) is 1. The van der Waals surface area contributed by atoms with E-state index >= 15 is 0 Å². The molecule has 2 unspecified atom stereocenters. The van der Waals surface area contributed by atoms with Crippen LogP contribution in [0.4, 0.5) is 0 Å². The molecule has 1 aliphatic carbocycles. The van der Waals surface area contributed by atoms with Crippen LogP contribution in [-0.2, 0) is 6.54 Å². The zero-order chi connectivity index (χ0) is 10.7. The Morgan fingerprint density at radius 3 is 3.07 bits per heavy atom. The van der Waals surface area contributed by atoms with Gasteiger partial charge in [-0.05, 0) is 38.6 Å². The molecular formula is C11H18N2OS. The minimum absolute atomic E-state index is 0.0571. The number of aromatic nitrogens is 1. The number of thiazole rings is 1. The van der Waals surface area contributed by atoms with Gasteiger partial charge in [-0.25, -0.2) is 4.98 Å². The van der Waals surface area contributed by atoms with Crippen molar-refractivity contribution in [3.63, 3.8) is 0 Å². The molecular weight excluding hydrogens is 208 g/mol. The van der Waals surface area contributed by atoms with Gasteiger partial charge in [-0.1, -0.05) is 0 Å². The maximum Gasteiger partial charge on any atom is 0.0897 e. The second-order valence-corrected chi connectivity index (χ2v) is 5.38. The quantitative estimate of drug-likeness (QED) is 0.821. The summed E-state index contributed by atoms with van der Waals surface area (Å²) in [5.41, 5.74) is 1.14. The standard InChI is InChI=1S/C11H18N2OS/c1-8-13-10(7-15-8)6-12-5-9-2-3-11(14)4-9/h7,9,11-12,14H,2-6H2,1H3. The predicted octanol–water partition coefficient (Wildman–Crippen LogP) is 1.70. The lowest BCUT2D eigenvalue weighted by atomic mass is 10.1. The molecule has 84 valence electrons. The zero-order valence-corrected chi connectivity index (χ0v) is 9.89. The lowest BCUT2D eigenvalue weighted by Gasteiger charge is -2.09. The summed E-state index contributed by atoms with van der Waals surface area (Å²) in [7, 11) is 0. The lowest BCUT2D eigenvalue weighted by Crippen LogP contribution is -2.21. The molecule has 2 rings (SSSR count). The van der Waals surface area contributed by atoms with Gasteiger partial charge in [0, 0.05) is 11.9 Å². The smallest absolute Gasteiger partial charge is 0.0897 e. The van der Waals surface area contributed by atoms with Crippen LogP contribution in [0.2, 0.25) is 0 Å². The number of aliphatic hydroxyl groups excluding tert-OH is 1. The minimum atomic E-state index is -0.0571. The summed E-state index contributed by atoms with van der Waals surface area (Å²) in [6, 6.07) is 0. The van der Waals surface area contributed by atoms with Crippen LogP contribution in [0.25, 0.3) is 0 Å². The van der Waals surface area contributed by atoms with E-state index in [1.807, 2.05) is 6.92 Å². The highest BCUT2D eigenvalue weighted by Crippen LogP contribution is 2.24. The maximum atomic E-state index is 9.38. The molecule has 2 atom stereocenters. The number of aryl methyl sites for hydroxylation is 1. The molecule has 3 nitrogen and oxygen atoms in total. The lowest BCUT2D eigenvalue weighted by molar-refractivity contribution is 0.177. The highest BCUT2D eigenvalue weighted by molar-refractivity contribution is 7.09. The summed E-state index contributed by atoms with van der Waals surface area (Å²) >= 11 is 1.70. The minimum Gasteiger partial charge on any atom is -0.393 e. The van der Waals surface area contributed by atoms with E-state index in [0.717, 1.165) is 43.1 Å². The van der Waals surface area contributed by atoms with Crippen LogP contribution in [0, 0.1) is 12.8 Å². The molecule has 1 aliphatic rings. The van der Waals surface area contributed by atoms with Gasteiger partial charge in [0.1, 0.15) is 0 Å². The predicted molar refractivity (Wildman–Crippen MR) is 61.9 cm³/mol. The summed E-state index contributed by atoms with van der Waals surface area (Å²) in [6.45, 7) is 3.89. The number of hydrogen-bond acceptors (Lipinski definition) is 4. The van der Waals surface area contributed by atoms with Crippen LogP contribution in [0.15, 0.2) is 5.38 Å². The fourth-order valence-corrected chi connectivity index (χ4v) is 2.74. The molecule has 0 aromatic carbocycles. The van der Waals surface area contributed by atoms with Crippen molar-refractivity contribution < 1.29 is 5.11 Å². The second-order valence-electron chi connectivity index (χ2n) is 4.32. The monoisotopic (exact) mass is 226 g/mol. The van der Waals surface area contributed by atoms with Crippen molar-refractivity contribution >= 4 is 11.3 Å². The van der Waals surface area contributed by atoms with E-state index in [-0.39, 0.29) is 6.10 Å². The van der Waals surface area contributed by atoms with Crippen molar-refractivity contribution in [1.29, 1.82) is 0 Å². The third-order valence-electron chi connectivity index (χ3n) is 2.92. The van der Waals surface area contributed by atoms with Gasteiger partial charge in [0.05, 0.1) is 16.8 Å². The molecule has 0 radical (unpaired) electrons. The summed E-state index contributed by atoms with van der Waals surface area (Å²) in [4.78, 5) is 4.40. The highest BCUT2D eigenvalue weighted by atomic mass is 32.1. The molecule has 15 heavy (non-hydrogen) atoms. The van der Waals surface area contributed by atoms with Crippen LogP contribution < -0.4 is 5.32 Å². The van der Waals surface area contributed by atoms with Gasteiger partial charge in [0.25, 0.3) is 0 Å². The van der Waals surface area contributed by atoms with E-state index in [9.17, 15) is 5.11 Å².